The van der Waals surface area contributed by atoms with Crippen LogP contribution in [0, 0.1) is 6.92 Å². The average molecular weight is 169 g/mol. The summed E-state index contributed by atoms with van der Waals surface area (Å²) in [7, 11) is 0. The fraction of sp³-hybridized carbons (Fsp3) is 0.375. The van der Waals surface area contributed by atoms with Crippen molar-refractivity contribution < 1.29 is 14.3 Å². The number of hydrogen-bond acceptors (Lipinski definition) is 3. The maximum Gasteiger partial charge on any atom is 0.305 e. The van der Waals surface area contributed by atoms with Gasteiger partial charge in [0.25, 0.3) is 0 Å². The molecule has 0 bridgehead atoms. The Kier molecular flexibility index (Phi) is 2.50. The lowest BCUT2D eigenvalue weighted by Gasteiger charge is -2.03. The minimum atomic E-state index is -0.920. The maximum atomic E-state index is 10.3. The zero-order valence-corrected chi connectivity index (χ0v) is 6.78. The molecule has 12 heavy (non-hydrogen) atoms. The molecule has 0 saturated heterocycles. The van der Waals surface area contributed by atoms with E-state index in [4.69, 9.17) is 15.3 Å². The van der Waals surface area contributed by atoms with Gasteiger partial charge in [0, 0.05) is 0 Å². The van der Waals surface area contributed by atoms with Gasteiger partial charge in [0.2, 0.25) is 0 Å². The summed E-state index contributed by atoms with van der Waals surface area (Å²) in [5, 5.41) is 8.43. The number of nitrogens with two attached hydrogens (primary N) is 1. The summed E-state index contributed by atoms with van der Waals surface area (Å²) in [5.74, 6) is 0.345. The van der Waals surface area contributed by atoms with Crippen molar-refractivity contribution in [3.8, 4) is 0 Å². The van der Waals surface area contributed by atoms with Gasteiger partial charge in [0.15, 0.2) is 0 Å². The predicted molar refractivity (Wildman–Crippen MR) is 42.6 cm³/mol. The third-order valence-corrected chi connectivity index (χ3v) is 1.52. The van der Waals surface area contributed by atoms with E-state index in [1.165, 1.54) is 0 Å². The van der Waals surface area contributed by atoms with E-state index >= 15 is 0 Å². The number of carboxylic acids is 1. The van der Waals surface area contributed by atoms with Crippen molar-refractivity contribution in [1.29, 1.82) is 0 Å². The summed E-state index contributed by atoms with van der Waals surface area (Å²) in [6.07, 6.45) is -0.104. The lowest BCUT2D eigenvalue weighted by atomic mass is 10.2. The van der Waals surface area contributed by atoms with Crippen molar-refractivity contribution in [2.75, 3.05) is 0 Å². The molecule has 0 aromatic carbocycles. The summed E-state index contributed by atoms with van der Waals surface area (Å²) in [6.45, 7) is 1.79. The van der Waals surface area contributed by atoms with Gasteiger partial charge >= 0.3 is 5.97 Å². The van der Waals surface area contributed by atoms with Crippen LogP contribution in [0.4, 0.5) is 0 Å². The summed E-state index contributed by atoms with van der Waals surface area (Å²) in [4.78, 5) is 10.3. The van der Waals surface area contributed by atoms with Gasteiger partial charge < -0.3 is 15.3 Å². The van der Waals surface area contributed by atoms with Gasteiger partial charge in [-0.2, -0.15) is 0 Å². The van der Waals surface area contributed by atoms with Gasteiger partial charge in [-0.1, -0.05) is 0 Å². The van der Waals surface area contributed by atoms with E-state index in [0.717, 1.165) is 5.76 Å². The van der Waals surface area contributed by atoms with Gasteiger partial charge in [-0.3, -0.25) is 4.79 Å². The summed E-state index contributed by atoms with van der Waals surface area (Å²) < 4.78 is 5.16. The second-order valence-electron chi connectivity index (χ2n) is 2.65. The van der Waals surface area contributed by atoms with Crippen molar-refractivity contribution in [3.05, 3.63) is 23.7 Å². The van der Waals surface area contributed by atoms with Crippen molar-refractivity contribution in [1.82, 2.24) is 0 Å². The number of rotatable bonds is 3. The number of aliphatic carboxylic acids is 1. The SMILES string of the molecule is Cc1ccc([C@H](N)CC(=O)O)o1. The Labute approximate surface area is 70.0 Å². The Morgan fingerprint density at radius 3 is 2.83 bits per heavy atom. The predicted octanol–water partition coefficient (Wildman–Crippen LogP) is 1.06. The number of aryl methyl sites for hydroxylation is 1. The van der Waals surface area contributed by atoms with Crippen LogP contribution in [-0.4, -0.2) is 11.1 Å². The number of furan rings is 1. The summed E-state index contributed by atoms with van der Waals surface area (Å²) in [6, 6.07) is 2.91. The second-order valence-corrected chi connectivity index (χ2v) is 2.65. The molecular formula is C8H11NO3. The molecule has 0 amide bonds. The summed E-state index contributed by atoms with van der Waals surface area (Å²) >= 11 is 0. The fourth-order valence-electron chi connectivity index (χ4n) is 0.941. The molecule has 0 saturated carbocycles. The normalized spacial score (nSPS) is 12.8. The van der Waals surface area contributed by atoms with E-state index in [2.05, 4.69) is 0 Å². The molecule has 0 spiro atoms. The largest absolute Gasteiger partial charge is 0.481 e. The molecule has 1 heterocycles. The first kappa shape index (κ1) is 8.80. The van der Waals surface area contributed by atoms with Crippen LogP contribution in [-0.2, 0) is 4.79 Å². The van der Waals surface area contributed by atoms with Crippen LogP contribution < -0.4 is 5.73 Å². The van der Waals surface area contributed by atoms with E-state index in [1.807, 2.05) is 0 Å². The molecule has 1 aromatic heterocycles. The highest BCUT2D eigenvalue weighted by Gasteiger charge is 2.13. The molecule has 0 unspecified atom stereocenters. The Hall–Kier alpha value is -1.29. The van der Waals surface area contributed by atoms with Gasteiger partial charge in [-0.25, -0.2) is 0 Å². The Morgan fingerprint density at radius 2 is 2.42 bits per heavy atom. The number of carboxylic acid groups (broad SMARTS) is 1. The highest BCUT2D eigenvalue weighted by atomic mass is 16.4. The molecule has 1 rings (SSSR count). The Bertz CT molecular complexity index is 280. The standard InChI is InChI=1S/C8H11NO3/c1-5-2-3-7(12-5)6(9)4-8(10)11/h2-3,6H,4,9H2,1H3,(H,10,11)/t6-/m1/s1. The van der Waals surface area contributed by atoms with Crippen LogP contribution in [0.5, 0.6) is 0 Å². The van der Waals surface area contributed by atoms with Crippen LogP contribution in [0.25, 0.3) is 0 Å². The van der Waals surface area contributed by atoms with Crippen LogP contribution in [0.2, 0.25) is 0 Å². The van der Waals surface area contributed by atoms with E-state index in [1.54, 1.807) is 19.1 Å². The molecule has 4 nitrogen and oxygen atoms in total. The molecule has 0 radical (unpaired) electrons. The van der Waals surface area contributed by atoms with Crippen molar-refractivity contribution >= 4 is 5.97 Å². The number of hydrogen-bond donors (Lipinski definition) is 2. The molecular weight excluding hydrogens is 158 g/mol. The van der Waals surface area contributed by atoms with Crippen LogP contribution in [0.15, 0.2) is 16.5 Å². The Balaban J connectivity index is 2.64. The molecule has 4 heteroatoms. The lowest BCUT2D eigenvalue weighted by Crippen LogP contribution is -2.14. The number of carbonyl (C=O) groups is 1. The third kappa shape index (κ3) is 2.10. The van der Waals surface area contributed by atoms with Gasteiger partial charge in [0.05, 0.1) is 12.5 Å². The van der Waals surface area contributed by atoms with Crippen LogP contribution in [0.3, 0.4) is 0 Å². The molecule has 1 aromatic rings. The lowest BCUT2D eigenvalue weighted by molar-refractivity contribution is -0.137. The maximum absolute atomic E-state index is 10.3. The highest BCUT2D eigenvalue weighted by Crippen LogP contribution is 2.16. The van der Waals surface area contributed by atoms with Crippen molar-refractivity contribution in [2.24, 2.45) is 5.73 Å². The van der Waals surface area contributed by atoms with E-state index < -0.39 is 12.0 Å². The van der Waals surface area contributed by atoms with E-state index in [-0.39, 0.29) is 6.42 Å². The smallest absolute Gasteiger partial charge is 0.305 e. The molecule has 0 aliphatic carbocycles. The Morgan fingerprint density at radius 1 is 1.75 bits per heavy atom. The first-order valence-electron chi connectivity index (χ1n) is 3.63. The van der Waals surface area contributed by atoms with Crippen LogP contribution >= 0.6 is 0 Å². The minimum Gasteiger partial charge on any atom is -0.481 e. The molecule has 0 aliphatic heterocycles. The quantitative estimate of drug-likeness (QED) is 0.709. The fourth-order valence-corrected chi connectivity index (χ4v) is 0.941. The monoisotopic (exact) mass is 169 g/mol. The van der Waals surface area contributed by atoms with Crippen molar-refractivity contribution in [3.63, 3.8) is 0 Å². The highest BCUT2D eigenvalue weighted by molar-refractivity contribution is 5.67. The van der Waals surface area contributed by atoms with Gasteiger partial charge in [-0.05, 0) is 19.1 Å². The zero-order chi connectivity index (χ0) is 9.14. The third-order valence-electron chi connectivity index (χ3n) is 1.52. The first-order valence-corrected chi connectivity index (χ1v) is 3.63. The van der Waals surface area contributed by atoms with E-state index in [9.17, 15) is 4.79 Å². The molecule has 0 aliphatic rings. The minimum absolute atomic E-state index is 0.104. The first-order chi connectivity index (χ1) is 5.59. The summed E-state index contributed by atoms with van der Waals surface area (Å²) in [5.41, 5.74) is 5.53. The van der Waals surface area contributed by atoms with Crippen LogP contribution in [0.1, 0.15) is 24.0 Å². The molecule has 0 fully saturated rings. The molecule has 3 N–H and O–H groups in total. The van der Waals surface area contributed by atoms with Gasteiger partial charge in [-0.15, -0.1) is 0 Å². The average Bonchev–Trinajstić information content (AvgIpc) is 2.34. The molecule has 1 atom stereocenters. The zero-order valence-electron chi connectivity index (χ0n) is 6.78. The topological polar surface area (TPSA) is 76.5 Å². The van der Waals surface area contributed by atoms with E-state index in [0.29, 0.717) is 5.76 Å². The molecule has 66 valence electrons. The van der Waals surface area contributed by atoms with Gasteiger partial charge in [0.1, 0.15) is 11.5 Å². The van der Waals surface area contributed by atoms with Crippen molar-refractivity contribution in [2.45, 2.75) is 19.4 Å². The second kappa shape index (κ2) is 3.40.